The molecule has 0 saturated carbocycles. The number of hydrogen-bond donors (Lipinski definition) is 1. The van der Waals surface area contributed by atoms with Gasteiger partial charge in [-0.05, 0) is 24.3 Å². The van der Waals surface area contributed by atoms with E-state index >= 15 is 0 Å². The van der Waals surface area contributed by atoms with Crippen molar-refractivity contribution in [3.05, 3.63) is 71.0 Å². The van der Waals surface area contributed by atoms with Gasteiger partial charge in [-0.25, -0.2) is 9.07 Å². The van der Waals surface area contributed by atoms with Gasteiger partial charge in [0.25, 0.3) is 5.56 Å². The van der Waals surface area contributed by atoms with E-state index in [9.17, 15) is 9.18 Å². The van der Waals surface area contributed by atoms with Gasteiger partial charge < -0.3 is 0 Å². The first-order valence-corrected chi connectivity index (χ1v) is 5.73. The minimum absolute atomic E-state index is 0.282. The van der Waals surface area contributed by atoms with Crippen LogP contribution in [-0.4, -0.2) is 14.8 Å². The number of halogens is 1. The van der Waals surface area contributed by atoms with Crippen molar-refractivity contribution in [2.24, 2.45) is 0 Å². The summed E-state index contributed by atoms with van der Waals surface area (Å²) in [6.07, 6.45) is 3.25. The van der Waals surface area contributed by atoms with E-state index in [-0.39, 0.29) is 5.56 Å². The minimum atomic E-state index is -0.398. The third-order valence-electron chi connectivity index (χ3n) is 2.80. The molecule has 0 aliphatic heterocycles. The lowest BCUT2D eigenvalue weighted by atomic mass is 10.2. The van der Waals surface area contributed by atoms with Gasteiger partial charge in [0.1, 0.15) is 5.82 Å². The molecule has 0 fully saturated rings. The smallest absolute Gasteiger partial charge is 0.265 e. The lowest BCUT2D eigenvalue weighted by Gasteiger charge is -2.09. The summed E-state index contributed by atoms with van der Waals surface area (Å²) < 4.78 is 15.3. The maximum Gasteiger partial charge on any atom is 0.265 e. The van der Waals surface area contributed by atoms with Crippen LogP contribution in [0.4, 0.5) is 4.39 Å². The molecular formula is C14H10FN3O. The lowest BCUT2D eigenvalue weighted by molar-refractivity contribution is 0.611. The standard InChI is InChI=1S/C14H10FN3O/c15-11-3-1-2-4-12(11)18-13(9-14(19)17-18)10-5-7-16-8-6-10/h1-9H,(H,17,19). The van der Waals surface area contributed by atoms with Crippen LogP contribution in [0, 0.1) is 5.82 Å². The van der Waals surface area contributed by atoms with Gasteiger partial charge in [0.15, 0.2) is 0 Å². The molecule has 1 N–H and O–H groups in total. The number of rotatable bonds is 2. The molecule has 0 atom stereocenters. The molecule has 0 spiro atoms. The van der Waals surface area contributed by atoms with E-state index in [2.05, 4.69) is 10.1 Å². The van der Waals surface area contributed by atoms with Crippen LogP contribution in [0.25, 0.3) is 16.9 Å². The second kappa shape index (κ2) is 4.53. The van der Waals surface area contributed by atoms with Crippen LogP contribution in [0.2, 0.25) is 0 Å². The van der Waals surface area contributed by atoms with Crippen molar-refractivity contribution in [3.63, 3.8) is 0 Å². The fraction of sp³-hybridized carbons (Fsp3) is 0. The fourth-order valence-electron chi connectivity index (χ4n) is 1.95. The van der Waals surface area contributed by atoms with E-state index in [4.69, 9.17) is 0 Å². The molecule has 2 aromatic heterocycles. The number of hydrogen-bond acceptors (Lipinski definition) is 2. The van der Waals surface area contributed by atoms with Crippen LogP contribution in [-0.2, 0) is 0 Å². The highest BCUT2D eigenvalue weighted by Crippen LogP contribution is 2.21. The van der Waals surface area contributed by atoms with Gasteiger partial charge in [0, 0.05) is 24.0 Å². The topological polar surface area (TPSA) is 50.7 Å². The van der Waals surface area contributed by atoms with Crippen LogP contribution in [0.15, 0.2) is 59.7 Å². The van der Waals surface area contributed by atoms with Crippen LogP contribution in [0.3, 0.4) is 0 Å². The van der Waals surface area contributed by atoms with Gasteiger partial charge >= 0.3 is 0 Å². The normalized spacial score (nSPS) is 10.6. The third kappa shape index (κ3) is 2.06. The first kappa shape index (κ1) is 11.4. The van der Waals surface area contributed by atoms with E-state index in [0.717, 1.165) is 5.56 Å². The van der Waals surface area contributed by atoms with Gasteiger partial charge in [-0.2, -0.15) is 0 Å². The summed E-state index contributed by atoms with van der Waals surface area (Å²) in [4.78, 5) is 15.5. The van der Waals surface area contributed by atoms with Crippen molar-refractivity contribution < 1.29 is 4.39 Å². The van der Waals surface area contributed by atoms with Gasteiger partial charge in [-0.15, -0.1) is 0 Å². The Morgan fingerprint density at radius 1 is 1.11 bits per heavy atom. The molecule has 3 aromatic rings. The Morgan fingerprint density at radius 2 is 1.84 bits per heavy atom. The van der Waals surface area contributed by atoms with Crippen molar-refractivity contribution in [2.75, 3.05) is 0 Å². The summed E-state index contributed by atoms with van der Waals surface area (Å²) in [7, 11) is 0. The monoisotopic (exact) mass is 255 g/mol. The Hall–Kier alpha value is -2.69. The van der Waals surface area contributed by atoms with Crippen LogP contribution in [0.5, 0.6) is 0 Å². The number of aromatic nitrogens is 3. The largest absolute Gasteiger partial charge is 0.268 e. The molecule has 0 amide bonds. The number of para-hydroxylation sites is 1. The summed E-state index contributed by atoms with van der Waals surface area (Å²) in [5.74, 6) is -0.398. The lowest BCUT2D eigenvalue weighted by Crippen LogP contribution is -2.06. The first-order chi connectivity index (χ1) is 9.25. The van der Waals surface area contributed by atoms with E-state index < -0.39 is 5.82 Å². The Bertz CT molecular complexity index is 762. The number of pyridine rings is 1. The minimum Gasteiger partial charge on any atom is -0.268 e. The fourth-order valence-corrected chi connectivity index (χ4v) is 1.95. The van der Waals surface area contributed by atoms with Gasteiger partial charge in [0.05, 0.1) is 11.4 Å². The Kier molecular flexibility index (Phi) is 2.72. The van der Waals surface area contributed by atoms with E-state index in [0.29, 0.717) is 11.4 Å². The van der Waals surface area contributed by atoms with Crippen molar-refractivity contribution >= 4 is 0 Å². The highest BCUT2D eigenvalue weighted by molar-refractivity contribution is 5.61. The molecule has 5 heteroatoms. The second-order valence-electron chi connectivity index (χ2n) is 4.03. The zero-order valence-electron chi connectivity index (χ0n) is 9.88. The average Bonchev–Trinajstić information content (AvgIpc) is 2.82. The maximum atomic E-state index is 13.8. The van der Waals surface area contributed by atoms with Crippen molar-refractivity contribution in [3.8, 4) is 16.9 Å². The van der Waals surface area contributed by atoms with Crippen molar-refractivity contribution in [1.82, 2.24) is 14.8 Å². The molecule has 1 aromatic carbocycles. The first-order valence-electron chi connectivity index (χ1n) is 5.73. The maximum absolute atomic E-state index is 13.8. The van der Waals surface area contributed by atoms with Gasteiger partial charge in [-0.3, -0.25) is 14.9 Å². The van der Waals surface area contributed by atoms with Gasteiger partial charge in [-0.1, -0.05) is 12.1 Å². The molecule has 0 bridgehead atoms. The second-order valence-corrected chi connectivity index (χ2v) is 4.03. The third-order valence-corrected chi connectivity index (χ3v) is 2.80. The SMILES string of the molecule is O=c1cc(-c2ccncc2)n(-c2ccccc2F)[nH]1. The average molecular weight is 255 g/mol. The molecule has 4 nitrogen and oxygen atoms in total. The van der Waals surface area contributed by atoms with Crippen LogP contribution >= 0.6 is 0 Å². The van der Waals surface area contributed by atoms with Crippen LogP contribution in [0.1, 0.15) is 0 Å². The molecular weight excluding hydrogens is 245 g/mol. The molecule has 0 unspecified atom stereocenters. The molecule has 94 valence electrons. The predicted octanol–water partition coefficient (Wildman–Crippen LogP) is 2.37. The number of aromatic amines is 1. The van der Waals surface area contributed by atoms with Gasteiger partial charge in [0.2, 0.25) is 0 Å². The number of H-pyrrole nitrogens is 1. The quantitative estimate of drug-likeness (QED) is 0.764. The summed E-state index contributed by atoms with van der Waals surface area (Å²) in [5.41, 5.74) is 1.40. The molecule has 2 heterocycles. The molecule has 0 saturated heterocycles. The Labute approximate surface area is 108 Å². The highest BCUT2D eigenvalue weighted by Gasteiger charge is 2.11. The number of nitrogens with zero attached hydrogens (tertiary/aromatic N) is 2. The van der Waals surface area contributed by atoms with E-state index in [1.54, 1.807) is 42.7 Å². The van der Waals surface area contributed by atoms with Crippen molar-refractivity contribution in [2.45, 2.75) is 0 Å². The summed E-state index contributed by atoms with van der Waals surface area (Å²) in [5, 5.41) is 2.60. The molecule has 3 rings (SSSR count). The summed E-state index contributed by atoms with van der Waals surface area (Å²) >= 11 is 0. The Morgan fingerprint density at radius 3 is 2.58 bits per heavy atom. The van der Waals surface area contributed by atoms with Crippen molar-refractivity contribution in [1.29, 1.82) is 0 Å². The summed E-state index contributed by atoms with van der Waals surface area (Å²) in [6.45, 7) is 0. The Balaban J connectivity index is 2.24. The molecule has 0 aliphatic carbocycles. The highest BCUT2D eigenvalue weighted by atomic mass is 19.1. The zero-order valence-corrected chi connectivity index (χ0v) is 9.88. The van der Waals surface area contributed by atoms with Crippen LogP contribution < -0.4 is 5.56 Å². The molecule has 19 heavy (non-hydrogen) atoms. The zero-order chi connectivity index (χ0) is 13.2. The predicted molar refractivity (Wildman–Crippen MR) is 69.6 cm³/mol. The van der Waals surface area contributed by atoms with E-state index in [1.165, 1.54) is 16.8 Å². The molecule has 0 aliphatic rings. The summed E-state index contributed by atoms with van der Waals surface area (Å²) in [6, 6.07) is 11.2. The number of nitrogens with one attached hydrogen (secondary N) is 1. The van der Waals surface area contributed by atoms with E-state index in [1.807, 2.05) is 0 Å². The number of benzene rings is 1. The molecule has 0 radical (unpaired) electrons.